The van der Waals surface area contributed by atoms with E-state index in [1.54, 1.807) is 6.08 Å². The maximum Gasteiger partial charge on any atom is 0.336 e. The molecule has 0 aromatic carbocycles. The van der Waals surface area contributed by atoms with Crippen molar-refractivity contribution in [2.24, 2.45) is 22.7 Å². The minimum atomic E-state index is -1.50. The summed E-state index contributed by atoms with van der Waals surface area (Å²) in [5, 5.41) is 14.3. The van der Waals surface area contributed by atoms with E-state index in [0.29, 0.717) is 12.8 Å². The van der Waals surface area contributed by atoms with Gasteiger partial charge in [-0.3, -0.25) is 4.79 Å². The van der Waals surface area contributed by atoms with Crippen molar-refractivity contribution in [2.75, 3.05) is 6.61 Å². The van der Waals surface area contributed by atoms with Crippen molar-refractivity contribution in [3.8, 4) is 0 Å². The minimum absolute atomic E-state index is 0.00284. The number of hydrogen-bond donors (Lipinski definition) is 2. The molecule has 7 nitrogen and oxygen atoms in total. The second-order valence-electron chi connectivity index (χ2n) is 10.0. The summed E-state index contributed by atoms with van der Waals surface area (Å²) in [5.74, 6) is -1.45. The molecule has 1 amide bonds. The van der Waals surface area contributed by atoms with Gasteiger partial charge in [-0.15, -0.1) is 0 Å². The molecule has 2 fully saturated rings. The van der Waals surface area contributed by atoms with E-state index >= 15 is 0 Å². The molecule has 0 radical (unpaired) electrons. The van der Waals surface area contributed by atoms with E-state index in [9.17, 15) is 19.5 Å². The molecule has 0 bridgehead atoms. The largest absolute Gasteiger partial charge is 0.460 e. The Morgan fingerprint density at radius 2 is 1.97 bits per heavy atom. The Hall–Kier alpha value is -1.89. The molecule has 2 N–H and O–H groups in total. The van der Waals surface area contributed by atoms with Gasteiger partial charge >= 0.3 is 11.9 Å². The summed E-state index contributed by atoms with van der Waals surface area (Å²) < 4.78 is 11.2. The van der Waals surface area contributed by atoms with Crippen molar-refractivity contribution >= 4 is 17.8 Å². The molecule has 3 aliphatic rings. The number of cyclic esters (lactones) is 1. The van der Waals surface area contributed by atoms with Crippen molar-refractivity contribution in [1.82, 2.24) is 5.32 Å². The van der Waals surface area contributed by atoms with Gasteiger partial charge in [0.25, 0.3) is 0 Å². The van der Waals surface area contributed by atoms with Crippen LogP contribution in [0.2, 0.25) is 0 Å². The molecule has 0 spiro atoms. The van der Waals surface area contributed by atoms with Crippen LogP contribution in [0.5, 0.6) is 0 Å². The third-order valence-corrected chi connectivity index (χ3v) is 7.45. The molecule has 0 unspecified atom stereocenters. The number of aliphatic hydroxyl groups is 1. The molecular formula is C22H33NO6. The highest BCUT2D eigenvalue weighted by Crippen LogP contribution is 2.63. The van der Waals surface area contributed by atoms with E-state index in [1.807, 2.05) is 20.8 Å². The van der Waals surface area contributed by atoms with Gasteiger partial charge in [0.1, 0.15) is 24.4 Å². The van der Waals surface area contributed by atoms with Crippen LogP contribution in [0.4, 0.5) is 0 Å². The summed E-state index contributed by atoms with van der Waals surface area (Å²) in [6, 6.07) is -0.765. The Labute approximate surface area is 172 Å². The van der Waals surface area contributed by atoms with Crippen LogP contribution in [0.15, 0.2) is 11.6 Å². The summed E-state index contributed by atoms with van der Waals surface area (Å²) in [6.45, 7) is 11.1. The third-order valence-electron chi connectivity index (χ3n) is 7.45. The minimum Gasteiger partial charge on any atom is -0.460 e. The summed E-state index contributed by atoms with van der Waals surface area (Å²) in [7, 11) is 0. The normalized spacial score (nSPS) is 36.4. The quantitative estimate of drug-likeness (QED) is 0.692. The Morgan fingerprint density at radius 1 is 1.31 bits per heavy atom. The van der Waals surface area contributed by atoms with Gasteiger partial charge in [0, 0.05) is 12.3 Å². The molecule has 3 rings (SSSR count). The summed E-state index contributed by atoms with van der Waals surface area (Å²) >= 11 is 0. The van der Waals surface area contributed by atoms with Gasteiger partial charge in [0.2, 0.25) is 5.91 Å². The number of fused-ring (bicyclic) bond motifs is 3. The lowest BCUT2D eigenvalue weighted by atomic mass is 9.46. The first kappa shape index (κ1) is 21.8. The van der Waals surface area contributed by atoms with Crippen LogP contribution in [-0.4, -0.2) is 47.3 Å². The smallest absolute Gasteiger partial charge is 0.336 e. The van der Waals surface area contributed by atoms with Crippen molar-refractivity contribution in [3.05, 3.63) is 11.6 Å². The van der Waals surface area contributed by atoms with Crippen LogP contribution in [0.3, 0.4) is 0 Å². The number of hydrogen-bond acceptors (Lipinski definition) is 6. The molecule has 1 aliphatic heterocycles. The summed E-state index contributed by atoms with van der Waals surface area (Å²) in [6.07, 6.45) is 3.21. The first-order chi connectivity index (χ1) is 13.3. The number of esters is 2. The molecule has 2 aliphatic carbocycles. The zero-order chi connectivity index (χ0) is 21.8. The SMILES string of the molecule is CC(=O)N[C@H](C(=O)O[C@@H]1CCC(C)(C)[C@@H]2CC=C3C(=O)OC[C@@]3(O)[C@@]12C)C(C)C. The fourth-order valence-electron chi connectivity index (χ4n) is 5.67. The monoisotopic (exact) mass is 407 g/mol. The standard InChI is InChI=1S/C22H33NO6/c1-12(2)17(23-13(3)24)19(26)29-16-9-10-20(4,5)15-8-7-14-18(25)28-11-22(14,27)21(15,16)6/h7,12,15-17,27H,8-11H2,1-6H3,(H,23,24)/t15-,16+,17-,21+,22-/m0/s1. The molecule has 29 heavy (non-hydrogen) atoms. The highest BCUT2D eigenvalue weighted by atomic mass is 16.6. The molecule has 0 aromatic heterocycles. The van der Waals surface area contributed by atoms with Gasteiger partial charge in [-0.25, -0.2) is 9.59 Å². The molecule has 1 saturated carbocycles. The van der Waals surface area contributed by atoms with Gasteiger partial charge in [-0.1, -0.05) is 40.7 Å². The Kier molecular flexibility index (Phi) is 5.35. The van der Waals surface area contributed by atoms with Crippen LogP contribution in [0.25, 0.3) is 0 Å². The maximum atomic E-state index is 13.0. The Bertz CT molecular complexity index is 756. The first-order valence-corrected chi connectivity index (χ1v) is 10.4. The van der Waals surface area contributed by atoms with E-state index in [2.05, 4.69) is 19.2 Å². The van der Waals surface area contributed by atoms with Crippen LogP contribution in [0.1, 0.15) is 60.8 Å². The first-order valence-electron chi connectivity index (χ1n) is 10.4. The van der Waals surface area contributed by atoms with Crippen molar-refractivity contribution in [3.63, 3.8) is 0 Å². The predicted octanol–water partition coefficient (Wildman–Crippen LogP) is 2.12. The average molecular weight is 408 g/mol. The van der Waals surface area contributed by atoms with E-state index in [4.69, 9.17) is 9.47 Å². The van der Waals surface area contributed by atoms with Crippen LogP contribution < -0.4 is 5.32 Å². The lowest BCUT2D eigenvalue weighted by Crippen LogP contribution is -2.66. The average Bonchev–Trinajstić information content (AvgIpc) is 2.91. The number of nitrogens with one attached hydrogen (secondary N) is 1. The van der Waals surface area contributed by atoms with Gasteiger partial charge in [0.05, 0.1) is 5.57 Å². The highest BCUT2D eigenvalue weighted by Gasteiger charge is 2.69. The molecular weight excluding hydrogens is 374 g/mol. The molecule has 162 valence electrons. The van der Waals surface area contributed by atoms with E-state index in [1.165, 1.54) is 6.92 Å². The molecule has 1 saturated heterocycles. The fourth-order valence-corrected chi connectivity index (χ4v) is 5.67. The summed E-state index contributed by atoms with van der Waals surface area (Å²) in [4.78, 5) is 36.8. The Morgan fingerprint density at radius 3 is 2.55 bits per heavy atom. The van der Waals surface area contributed by atoms with E-state index in [-0.39, 0.29) is 35.3 Å². The third kappa shape index (κ3) is 3.27. The van der Waals surface area contributed by atoms with Crippen molar-refractivity contribution < 1.29 is 29.0 Å². The van der Waals surface area contributed by atoms with E-state index < -0.39 is 35.1 Å². The van der Waals surface area contributed by atoms with Crippen LogP contribution in [-0.2, 0) is 23.9 Å². The van der Waals surface area contributed by atoms with Crippen molar-refractivity contribution in [2.45, 2.75) is 78.6 Å². The van der Waals surface area contributed by atoms with Crippen molar-refractivity contribution in [1.29, 1.82) is 0 Å². The number of amides is 1. The number of rotatable bonds is 4. The lowest BCUT2D eigenvalue weighted by molar-refractivity contribution is -0.217. The lowest BCUT2D eigenvalue weighted by Gasteiger charge is -2.60. The number of carbonyl (C=O) groups is 3. The van der Waals surface area contributed by atoms with Crippen LogP contribution in [0, 0.1) is 22.7 Å². The number of allylic oxidation sites excluding steroid dienone is 1. The predicted molar refractivity (Wildman–Crippen MR) is 106 cm³/mol. The molecule has 5 atom stereocenters. The van der Waals surface area contributed by atoms with Gasteiger partial charge in [-0.05, 0) is 36.5 Å². The topological polar surface area (TPSA) is 102 Å². The number of carbonyl (C=O) groups excluding carboxylic acids is 3. The number of ether oxygens (including phenoxy) is 2. The molecule has 1 heterocycles. The van der Waals surface area contributed by atoms with Gasteiger partial charge in [-0.2, -0.15) is 0 Å². The van der Waals surface area contributed by atoms with Gasteiger partial charge < -0.3 is 19.9 Å². The second-order valence-corrected chi connectivity index (χ2v) is 10.0. The zero-order valence-corrected chi connectivity index (χ0v) is 18.2. The maximum absolute atomic E-state index is 13.0. The molecule has 7 heteroatoms. The van der Waals surface area contributed by atoms with Crippen LogP contribution >= 0.6 is 0 Å². The molecule has 0 aromatic rings. The fraction of sp³-hybridized carbons (Fsp3) is 0.773. The Balaban J connectivity index is 1.97. The van der Waals surface area contributed by atoms with E-state index in [0.717, 1.165) is 6.42 Å². The summed E-state index contributed by atoms with van der Waals surface area (Å²) in [5.41, 5.74) is -2.21. The zero-order valence-electron chi connectivity index (χ0n) is 18.2. The second kappa shape index (κ2) is 7.11. The highest BCUT2D eigenvalue weighted by molar-refractivity contribution is 5.94. The van der Waals surface area contributed by atoms with Gasteiger partial charge in [0.15, 0.2) is 0 Å².